The van der Waals surface area contributed by atoms with E-state index >= 15 is 0 Å². The molecule has 4 nitrogen and oxygen atoms in total. The predicted molar refractivity (Wildman–Crippen MR) is 61.3 cm³/mol. The largest absolute Gasteiger partial charge is 0.356 e. The monoisotopic (exact) mass is 215 g/mol. The van der Waals surface area contributed by atoms with Gasteiger partial charge in [0.05, 0.1) is 17.3 Å². The Kier molecular flexibility index (Phi) is 4.74. The number of rotatable bonds is 4. The molecule has 0 saturated heterocycles. The highest BCUT2D eigenvalue weighted by atomic mass is 16.1. The van der Waals surface area contributed by atoms with Gasteiger partial charge in [-0.25, -0.2) is 0 Å². The van der Waals surface area contributed by atoms with E-state index in [1.165, 1.54) is 6.92 Å². The van der Waals surface area contributed by atoms with Crippen LogP contribution >= 0.6 is 0 Å². The fourth-order valence-electron chi connectivity index (χ4n) is 1.14. The number of hydrogen-bond acceptors (Lipinski definition) is 3. The van der Waals surface area contributed by atoms with Gasteiger partial charge < -0.3 is 5.32 Å². The number of amides is 1. The van der Waals surface area contributed by atoms with Gasteiger partial charge in [-0.15, -0.1) is 0 Å². The number of nitrogens with zero attached hydrogens (tertiary/aromatic N) is 2. The fourth-order valence-corrected chi connectivity index (χ4v) is 1.14. The molecular formula is C12H13N3O. The molecule has 82 valence electrons. The van der Waals surface area contributed by atoms with Gasteiger partial charge in [0, 0.05) is 19.7 Å². The zero-order chi connectivity index (χ0) is 11.8. The van der Waals surface area contributed by atoms with Crippen molar-refractivity contribution >= 4 is 12.0 Å². The summed E-state index contributed by atoms with van der Waals surface area (Å²) in [6.07, 6.45) is 6.10. The van der Waals surface area contributed by atoms with Gasteiger partial charge in [-0.1, -0.05) is 6.08 Å². The summed E-state index contributed by atoms with van der Waals surface area (Å²) < 4.78 is 0. The smallest absolute Gasteiger partial charge is 0.216 e. The molecule has 0 aliphatic heterocycles. The quantitative estimate of drug-likeness (QED) is 0.774. The molecule has 0 aromatic carbocycles. The Hall–Kier alpha value is -2.15. The molecule has 0 aliphatic carbocycles. The standard InChI is InChI=1S/C12H13N3O/c1-10(16)14-6-3-2-4-12-8-11(9-13)5-7-15-12/h2,4-5,7-8H,3,6H2,1H3,(H,14,16). The molecular weight excluding hydrogens is 202 g/mol. The van der Waals surface area contributed by atoms with Crippen LogP contribution in [0.25, 0.3) is 6.08 Å². The maximum atomic E-state index is 10.6. The first kappa shape index (κ1) is 11.9. The van der Waals surface area contributed by atoms with Crippen LogP contribution in [0, 0.1) is 11.3 Å². The van der Waals surface area contributed by atoms with Crippen molar-refractivity contribution in [3.8, 4) is 6.07 Å². The Labute approximate surface area is 94.6 Å². The van der Waals surface area contributed by atoms with Gasteiger partial charge in [0.1, 0.15) is 0 Å². The van der Waals surface area contributed by atoms with Crippen molar-refractivity contribution in [2.24, 2.45) is 0 Å². The van der Waals surface area contributed by atoms with E-state index < -0.39 is 0 Å². The lowest BCUT2D eigenvalue weighted by Gasteiger charge is -1.97. The second-order valence-corrected chi connectivity index (χ2v) is 3.26. The highest BCUT2D eigenvalue weighted by Gasteiger charge is 1.92. The summed E-state index contributed by atoms with van der Waals surface area (Å²) in [5, 5.41) is 11.4. The molecule has 0 saturated carbocycles. The van der Waals surface area contributed by atoms with E-state index in [-0.39, 0.29) is 5.91 Å². The molecule has 0 radical (unpaired) electrons. The summed E-state index contributed by atoms with van der Waals surface area (Å²) in [6.45, 7) is 2.10. The summed E-state index contributed by atoms with van der Waals surface area (Å²) in [5.74, 6) is -0.0296. The average Bonchev–Trinajstić information content (AvgIpc) is 2.28. The van der Waals surface area contributed by atoms with Crippen LogP contribution < -0.4 is 5.32 Å². The molecule has 0 unspecified atom stereocenters. The average molecular weight is 215 g/mol. The maximum Gasteiger partial charge on any atom is 0.216 e. The molecule has 1 amide bonds. The molecule has 1 rings (SSSR count). The molecule has 0 bridgehead atoms. The number of pyridine rings is 1. The van der Waals surface area contributed by atoms with Crippen molar-refractivity contribution in [2.75, 3.05) is 6.54 Å². The van der Waals surface area contributed by atoms with Gasteiger partial charge in [-0.3, -0.25) is 9.78 Å². The van der Waals surface area contributed by atoms with Crippen molar-refractivity contribution in [1.82, 2.24) is 10.3 Å². The van der Waals surface area contributed by atoms with Crippen LogP contribution in [0.15, 0.2) is 24.4 Å². The van der Waals surface area contributed by atoms with E-state index in [4.69, 9.17) is 5.26 Å². The summed E-state index contributed by atoms with van der Waals surface area (Å²) in [7, 11) is 0. The van der Waals surface area contributed by atoms with E-state index in [0.717, 1.165) is 12.1 Å². The van der Waals surface area contributed by atoms with E-state index in [9.17, 15) is 4.79 Å². The SMILES string of the molecule is CC(=O)NCCC=Cc1cc(C#N)ccn1. The second kappa shape index (κ2) is 6.36. The van der Waals surface area contributed by atoms with Crippen molar-refractivity contribution in [1.29, 1.82) is 5.26 Å². The Morgan fingerprint density at radius 1 is 1.69 bits per heavy atom. The first-order valence-corrected chi connectivity index (χ1v) is 4.99. The van der Waals surface area contributed by atoms with Crippen LogP contribution in [-0.2, 0) is 4.79 Å². The minimum atomic E-state index is -0.0296. The van der Waals surface area contributed by atoms with Gasteiger partial charge in [-0.05, 0) is 24.6 Å². The number of nitriles is 1. The number of hydrogen-bond donors (Lipinski definition) is 1. The third-order valence-corrected chi connectivity index (χ3v) is 1.88. The van der Waals surface area contributed by atoms with Gasteiger partial charge >= 0.3 is 0 Å². The first-order chi connectivity index (χ1) is 7.72. The molecule has 0 aliphatic rings. The lowest BCUT2D eigenvalue weighted by molar-refractivity contribution is -0.118. The molecule has 1 N–H and O–H groups in total. The summed E-state index contributed by atoms with van der Waals surface area (Å²) in [5.41, 5.74) is 1.35. The van der Waals surface area contributed by atoms with E-state index in [1.807, 2.05) is 12.2 Å². The highest BCUT2D eigenvalue weighted by molar-refractivity contribution is 5.72. The van der Waals surface area contributed by atoms with E-state index in [1.54, 1.807) is 18.3 Å². The van der Waals surface area contributed by atoms with Crippen LogP contribution in [0.5, 0.6) is 0 Å². The molecule has 4 heteroatoms. The summed E-state index contributed by atoms with van der Waals surface area (Å²) in [6, 6.07) is 5.43. The third kappa shape index (κ3) is 4.38. The minimum Gasteiger partial charge on any atom is -0.356 e. The Morgan fingerprint density at radius 3 is 3.19 bits per heavy atom. The van der Waals surface area contributed by atoms with Crippen LogP contribution in [0.3, 0.4) is 0 Å². The number of carbonyl (C=O) groups is 1. The lowest BCUT2D eigenvalue weighted by Crippen LogP contribution is -2.20. The zero-order valence-corrected chi connectivity index (χ0v) is 9.10. The van der Waals surface area contributed by atoms with E-state index in [2.05, 4.69) is 16.4 Å². The Balaban J connectivity index is 2.44. The van der Waals surface area contributed by atoms with Crippen LogP contribution in [0.1, 0.15) is 24.6 Å². The second-order valence-electron chi connectivity index (χ2n) is 3.26. The van der Waals surface area contributed by atoms with Crippen molar-refractivity contribution in [3.05, 3.63) is 35.7 Å². The molecule has 16 heavy (non-hydrogen) atoms. The molecule has 0 spiro atoms. The van der Waals surface area contributed by atoms with Crippen molar-refractivity contribution in [2.45, 2.75) is 13.3 Å². The molecule has 0 fully saturated rings. The van der Waals surface area contributed by atoms with Crippen molar-refractivity contribution < 1.29 is 4.79 Å². The van der Waals surface area contributed by atoms with Crippen molar-refractivity contribution in [3.63, 3.8) is 0 Å². The van der Waals surface area contributed by atoms with Gasteiger partial charge in [0.2, 0.25) is 5.91 Å². The van der Waals surface area contributed by atoms with Crippen LogP contribution in [0.4, 0.5) is 0 Å². The lowest BCUT2D eigenvalue weighted by atomic mass is 10.2. The normalized spacial score (nSPS) is 10.0. The number of nitrogens with one attached hydrogen (secondary N) is 1. The van der Waals surface area contributed by atoms with Crippen LogP contribution in [-0.4, -0.2) is 17.4 Å². The number of aromatic nitrogens is 1. The molecule has 1 heterocycles. The van der Waals surface area contributed by atoms with Gasteiger partial charge in [0.15, 0.2) is 0 Å². The van der Waals surface area contributed by atoms with Crippen LogP contribution in [0.2, 0.25) is 0 Å². The Bertz CT molecular complexity index is 432. The topological polar surface area (TPSA) is 65.8 Å². The Morgan fingerprint density at radius 2 is 2.50 bits per heavy atom. The molecule has 1 aromatic heterocycles. The zero-order valence-electron chi connectivity index (χ0n) is 9.10. The summed E-state index contributed by atoms with van der Waals surface area (Å²) >= 11 is 0. The van der Waals surface area contributed by atoms with E-state index in [0.29, 0.717) is 12.1 Å². The van der Waals surface area contributed by atoms with Gasteiger partial charge in [0.25, 0.3) is 0 Å². The number of carbonyl (C=O) groups excluding carboxylic acids is 1. The predicted octanol–water partition coefficient (Wildman–Crippen LogP) is 1.49. The third-order valence-electron chi connectivity index (χ3n) is 1.88. The summed E-state index contributed by atoms with van der Waals surface area (Å²) in [4.78, 5) is 14.7. The first-order valence-electron chi connectivity index (χ1n) is 4.99. The highest BCUT2D eigenvalue weighted by Crippen LogP contribution is 2.02. The molecule has 0 atom stereocenters. The maximum absolute atomic E-state index is 10.6. The van der Waals surface area contributed by atoms with Gasteiger partial charge in [-0.2, -0.15) is 5.26 Å². The fraction of sp³-hybridized carbons (Fsp3) is 0.250. The minimum absolute atomic E-state index is 0.0296. The molecule has 1 aromatic rings.